The minimum atomic E-state index is 0.0165. The molecule has 0 spiro atoms. The van der Waals surface area contributed by atoms with Gasteiger partial charge in [0, 0.05) is 32.2 Å². The van der Waals surface area contributed by atoms with E-state index in [4.69, 9.17) is 16.6 Å². The van der Waals surface area contributed by atoms with Crippen LogP contribution in [0.1, 0.15) is 19.4 Å². The van der Waals surface area contributed by atoms with Crippen LogP contribution in [0.4, 0.5) is 9.93 Å². The minimum Gasteiger partial charge on any atom is -0.345 e. The number of nitrogens with zero attached hydrogens (tertiary/aromatic N) is 3. The number of benzene rings is 1. The summed E-state index contributed by atoms with van der Waals surface area (Å²) in [4.78, 5) is 20.9. The number of halogens is 1. The molecule has 0 saturated carbocycles. The molecule has 1 fully saturated rings. The molecule has 0 aliphatic carbocycles. The Hall–Kier alpha value is -1.53. The van der Waals surface area contributed by atoms with Crippen LogP contribution >= 0.6 is 22.9 Å². The molecule has 7 heteroatoms. The number of urea groups is 1. The molecule has 124 valence electrons. The van der Waals surface area contributed by atoms with Crippen molar-refractivity contribution in [2.45, 2.75) is 26.8 Å². The minimum absolute atomic E-state index is 0.0165. The molecule has 0 radical (unpaired) electrons. The van der Waals surface area contributed by atoms with Crippen molar-refractivity contribution < 1.29 is 4.79 Å². The van der Waals surface area contributed by atoms with Crippen molar-refractivity contribution >= 4 is 44.3 Å². The summed E-state index contributed by atoms with van der Waals surface area (Å²) >= 11 is 7.91. The molecular formula is C16H21ClN4OS. The zero-order chi connectivity index (χ0) is 16.6. The predicted molar refractivity (Wildman–Crippen MR) is 96.8 cm³/mol. The van der Waals surface area contributed by atoms with Crippen LogP contribution in [0.25, 0.3) is 10.2 Å². The van der Waals surface area contributed by atoms with Crippen LogP contribution in [0, 0.1) is 6.92 Å². The van der Waals surface area contributed by atoms with Crippen LogP contribution in [0.2, 0.25) is 5.02 Å². The van der Waals surface area contributed by atoms with Crippen LogP contribution < -0.4 is 10.2 Å². The lowest BCUT2D eigenvalue weighted by molar-refractivity contribution is 0.192. The molecule has 1 aliphatic rings. The van der Waals surface area contributed by atoms with Gasteiger partial charge in [-0.15, -0.1) is 0 Å². The molecule has 2 amide bonds. The Labute approximate surface area is 145 Å². The Morgan fingerprint density at radius 1 is 1.30 bits per heavy atom. The quantitative estimate of drug-likeness (QED) is 0.899. The highest BCUT2D eigenvalue weighted by Gasteiger charge is 2.23. The summed E-state index contributed by atoms with van der Waals surface area (Å²) in [5.74, 6) is 0. The number of carbonyl (C=O) groups is 1. The number of hydrogen-bond donors (Lipinski definition) is 1. The van der Waals surface area contributed by atoms with Gasteiger partial charge in [0.1, 0.15) is 0 Å². The fourth-order valence-corrected chi connectivity index (χ4v) is 4.03. The van der Waals surface area contributed by atoms with Crippen molar-refractivity contribution in [3.05, 3.63) is 22.7 Å². The van der Waals surface area contributed by atoms with E-state index in [1.165, 1.54) is 0 Å². The highest BCUT2D eigenvalue weighted by Crippen LogP contribution is 2.35. The monoisotopic (exact) mass is 352 g/mol. The lowest BCUT2D eigenvalue weighted by atomic mass is 10.2. The molecule has 2 aromatic rings. The first-order valence-electron chi connectivity index (χ1n) is 7.81. The number of anilines is 1. The summed E-state index contributed by atoms with van der Waals surface area (Å²) in [6.07, 6.45) is 0. The summed E-state index contributed by atoms with van der Waals surface area (Å²) in [6, 6.07) is 4.11. The molecular weight excluding hydrogens is 332 g/mol. The average Bonchev–Trinajstić information content (AvgIpc) is 2.97. The van der Waals surface area contributed by atoms with E-state index in [2.05, 4.69) is 17.1 Å². The van der Waals surface area contributed by atoms with E-state index >= 15 is 0 Å². The zero-order valence-corrected chi connectivity index (χ0v) is 15.2. The summed E-state index contributed by atoms with van der Waals surface area (Å²) < 4.78 is 1.04. The molecule has 0 atom stereocenters. The normalized spacial score (nSPS) is 15.5. The number of nitrogens with one attached hydrogen (secondary N) is 1. The SMILES string of the molecule is Cc1ccc(Cl)c2sc(N3CCN(C(=O)NC(C)C)CC3)nc12. The third kappa shape index (κ3) is 3.38. The van der Waals surface area contributed by atoms with E-state index in [0.717, 1.165) is 39.0 Å². The maximum Gasteiger partial charge on any atom is 0.317 e. The van der Waals surface area contributed by atoms with Crippen LogP contribution in [-0.2, 0) is 0 Å². The van der Waals surface area contributed by atoms with Crippen molar-refractivity contribution in [1.82, 2.24) is 15.2 Å². The van der Waals surface area contributed by atoms with Gasteiger partial charge in [-0.05, 0) is 32.4 Å². The first-order chi connectivity index (χ1) is 11.0. The lowest BCUT2D eigenvalue weighted by Gasteiger charge is -2.34. The van der Waals surface area contributed by atoms with E-state index in [9.17, 15) is 4.79 Å². The lowest BCUT2D eigenvalue weighted by Crippen LogP contribution is -2.52. The van der Waals surface area contributed by atoms with Crippen molar-refractivity contribution in [3.8, 4) is 0 Å². The Morgan fingerprint density at radius 3 is 2.61 bits per heavy atom. The number of amides is 2. The van der Waals surface area contributed by atoms with Gasteiger partial charge >= 0.3 is 6.03 Å². The van der Waals surface area contributed by atoms with Gasteiger partial charge in [-0.25, -0.2) is 9.78 Å². The van der Waals surface area contributed by atoms with Gasteiger partial charge in [-0.1, -0.05) is 29.0 Å². The molecule has 1 aliphatic heterocycles. The first kappa shape index (κ1) is 16.3. The van der Waals surface area contributed by atoms with Crippen molar-refractivity contribution in [3.63, 3.8) is 0 Å². The van der Waals surface area contributed by atoms with Crippen LogP contribution in [0.5, 0.6) is 0 Å². The van der Waals surface area contributed by atoms with E-state index < -0.39 is 0 Å². The summed E-state index contributed by atoms with van der Waals surface area (Å²) in [5, 5.41) is 4.68. The molecule has 3 rings (SSSR count). The molecule has 1 aromatic heterocycles. The third-order valence-corrected chi connectivity index (χ3v) is 5.51. The molecule has 1 saturated heterocycles. The number of aryl methyl sites for hydroxylation is 1. The first-order valence-corrected chi connectivity index (χ1v) is 9.01. The maximum absolute atomic E-state index is 12.0. The van der Waals surface area contributed by atoms with E-state index in [1.54, 1.807) is 11.3 Å². The van der Waals surface area contributed by atoms with Gasteiger partial charge in [0.15, 0.2) is 5.13 Å². The smallest absolute Gasteiger partial charge is 0.317 e. The topological polar surface area (TPSA) is 48.5 Å². The summed E-state index contributed by atoms with van der Waals surface area (Å²) in [5.41, 5.74) is 2.12. The Kier molecular flexibility index (Phi) is 4.64. The van der Waals surface area contributed by atoms with Crippen molar-refractivity contribution in [1.29, 1.82) is 0 Å². The van der Waals surface area contributed by atoms with E-state index in [0.29, 0.717) is 13.1 Å². The second-order valence-corrected chi connectivity index (χ2v) is 7.50. The number of hydrogen-bond acceptors (Lipinski definition) is 4. The van der Waals surface area contributed by atoms with Gasteiger partial charge in [-0.2, -0.15) is 0 Å². The number of carbonyl (C=O) groups excluding carboxylic acids is 1. The summed E-state index contributed by atoms with van der Waals surface area (Å²) in [6.45, 7) is 9.01. The Morgan fingerprint density at radius 2 is 2.00 bits per heavy atom. The molecule has 5 nitrogen and oxygen atoms in total. The Balaban J connectivity index is 1.72. The van der Waals surface area contributed by atoms with E-state index in [1.807, 2.05) is 30.9 Å². The zero-order valence-electron chi connectivity index (χ0n) is 13.6. The standard InChI is InChI=1S/C16H21ClN4OS/c1-10(2)18-15(22)20-6-8-21(9-7-20)16-19-13-11(3)4-5-12(17)14(13)23-16/h4-5,10H,6-9H2,1-3H3,(H,18,22). The Bertz CT molecular complexity index is 683. The molecule has 0 bridgehead atoms. The number of aromatic nitrogens is 1. The number of fused-ring (bicyclic) bond motifs is 1. The largest absolute Gasteiger partial charge is 0.345 e. The van der Waals surface area contributed by atoms with Crippen LogP contribution in [-0.4, -0.2) is 48.1 Å². The van der Waals surface area contributed by atoms with Gasteiger partial charge in [-0.3, -0.25) is 0 Å². The van der Waals surface area contributed by atoms with Gasteiger partial charge in [0.2, 0.25) is 0 Å². The van der Waals surface area contributed by atoms with Gasteiger partial charge in [0.25, 0.3) is 0 Å². The predicted octanol–water partition coefficient (Wildman–Crippen LogP) is 3.50. The third-order valence-electron chi connectivity index (χ3n) is 3.94. The summed E-state index contributed by atoms with van der Waals surface area (Å²) in [7, 11) is 0. The van der Waals surface area contributed by atoms with Gasteiger partial charge < -0.3 is 15.1 Å². The highest BCUT2D eigenvalue weighted by atomic mass is 35.5. The second kappa shape index (κ2) is 6.53. The molecule has 1 N–H and O–H groups in total. The second-order valence-electron chi connectivity index (χ2n) is 6.12. The fraction of sp³-hybridized carbons (Fsp3) is 0.500. The number of rotatable bonds is 2. The average molecular weight is 353 g/mol. The number of thiazole rings is 1. The van der Waals surface area contributed by atoms with Crippen molar-refractivity contribution in [2.75, 3.05) is 31.1 Å². The number of piperazine rings is 1. The van der Waals surface area contributed by atoms with Crippen molar-refractivity contribution in [2.24, 2.45) is 0 Å². The van der Waals surface area contributed by atoms with Crippen LogP contribution in [0.15, 0.2) is 12.1 Å². The molecule has 23 heavy (non-hydrogen) atoms. The highest BCUT2D eigenvalue weighted by molar-refractivity contribution is 7.22. The van der Waals surface area contributed by atoms with Gasteiger partial charge in [0.05, 0.1) is 15.2 Å². The molecule has 1 aromatic carbocycles. The van der Waals surface area contributed by atoms with Crippen LogP contribution in [0.3, 0.4) is 0 Å². The molecule has 2 heterocycles. The van der Waals surface area contributed by atoms with E-state index in [-0.39, 0.29) is 12.1 Å². The fourth-order valence-electron chi connectivity index (χ4n) is 2.67. The maximum atomic E-state index is 12.0. The molecule has 0 unspecified atom stereocenters.